The van der Waals surface area contributed by atoms with Gasteiger partial charge in [0.05, 0.1) is 12.2 Å². The lowest BCUT2D eigenvalue weighted by atomic mass is 10.1. The molecule has 0 bridgehead atoms. The van der Waals surface area contributed by atoms with E-state index in [-0.39, 0.29) is 18.1 Å². The fraction of sp³-hybridized carbons (Fsp3) is 0.375. The molecule has 2 fully saturated rings. The fourth-order valence-electron chi connectivity index (χ4n) is 2.84. The Morgan fingerprint density at radius 3 is 2.80 bits per heavy atom. The van der Waals surface area contributed by atoms with Crippen LogP contribution in [0.15, 0.2) is 36.5 Å². The van der Waals surface area contributed by atoms with Crippen molar-refractivity contribution in [3.05, 3.63) is 42.2 Å². The molecule has 1 aromatic heterocycles. The molecule has 9 nitrogen and oxygen atoms in total. The normalized spacial score (nSPS) is 17.4. The van der Waals surface area contributed by atoms with Gasteiger partial charge in [-0.05, 0) is 12.1 Å². The predicted octanol–water partition coefficient (Wildman–Crippen LogP) is 0.859. The van der Waals surface area contributed by atoms with Gasteiger partial charge in [-0.1, -0.05) is 23.4 Å². The van der Waals surface area contributed by atoms with Crippen molar-refractivity contribution in [2.75, 3.05) is 26.2 Å². The second kappa shape index (κ2) is 6.42. The second-order valence-electron chi connectivity index (χ2n) is 6.02. The van der Waals surface area contributed by atoms with Crippen molar-refractivity contribution >= 4 is 12.1 Å². The van der Waals surface area contributed by atoms with Gasteiger partial charge >= 0.3 is 12.1 Å². The van der Waals surface area contributed by atoms with E-state index in [0.29, 0.717) is 32.8 Å². The first kappa shape index (κ1) is 15.4. The van der Waals surface area contributed by atoms with Gasteiger partial charge in [0, 0.05) is 26.2 Å². The number of likely N-dealkylation sites (tertiary alicyclic amines) is 1. The minimum atomic E-state index is -0.324. The minimum Gasteiger partial charge on any atom is -0.487 e. The van der Waals surface area contributed by atoms with Crippen LogP contribution in [-0.4, -0.2) is 63.0 Å². The molecule has 0 spiro atoms. The molecule has 9 heteroatoms. The number of hydrogen-bond acceptors (Lipinski definition) is 5. The molecule has 1 aromatic carbocycles. The number of carbonyl (C=O) groups excluding carboxylic acids is 2. The number of amides is 4. The average molecular weight is 342 g/mol. The number of rotatable bonds is 4. The van der Waals surface area contributed by atoms with Gasteiger partial charge in [-0.2, -0.15) is 0 Å². The van der Waals surface area contributed by atoms with Gasteiger partial charge in [-0.25, -0.2) is 19.2 Å². The molecule has 0 saturated carbocycles. The van der Waals surface area contributed by atoms with Crippen molar-refractivity contribution in [3.8, 4) is 5.75 Å². The molecule has 0 unspecified atom stereocenters. The van der Waals surface area contributed by atoms with Gasteiger partial charge in [0.15, 0.2) is 0 Å². The largest absolute Gasteiger partial charge is 0.487 e. The third-order valence-corrected chi connectivity index (χ3v) is 4.28. The number of ether oxygens (including phenoxy) is 1. The van der Waals surface area contributed by atoms with Crippen LogP contribution in [0.2, 0.25) is 0 Å². The van der Waals surface area contributed by atoms with Crippen molar-refractivity contribution in [3.63, 3.8) is 0 Å². The number of nitrogens with zero attached hydrogens (tertiary/aromatic N) is 5. The Morgan fingerprint density at radius 1 is 1.28 bits per heavy atom. The number of aromatic nitrogens is 3. The highest BCUT2D eigenvalue weighted by molar-refractivity contribution is 5.95. The topological polar surface area (TPSA) is 92.6 Å². The monoisotopic (exact) mass is 342 g/mol. The quantitative estimate of drug-likeness (QED) is 0.890. The summed E-state index contributed by atoms with van der Waals surface area (Å²) in [6.07, 6.45) is 1.83. The summed E-state index contributed by atoms with van der Waals surface area (Å²) in [6, 6.07) is 9.02. The summed E-state index contributed by atoms with van der Waals surface area (Å²) in [5.41, 5.74) is 0.729. The van der Waals surface area contributed by atoms with Crippen LogP contribution < -0.4 is 10.1 Å². The highest BCUT2D eigenvalue weighted by Gasteiger charge is 2.38. The van der Waals surface area contributed by atoms with E-state index in [9.17, 15) is 9.59 Å². The summed E-state index contributed by atoms with van der Waals surface area (Å²) in [6.45, 7) is 2.31. The van der Waals surface area contributed by atoms with Crippen molar-refractivity contribution in [2.24, 2.45) is 0 Å². The Labute approximate surface area is 144 Å². The maximum atomic E-state index is 12.2. The zero-order valence-corrected chi connectivity index (χ0v) is 13.5. The third-order valence-electron chi connectivity index (χ3n) is 4.28. The second-order valence-corrected chi connectivity index (χ2v) is 6.02. The zero-order chi connectivity index (χ0) is 17.2. The number of benzene rings is 1. The highest BCUT2D eigenvalue weighted by Crippen LogP contribution is 2.22. The van der Waals surface area contributed by atoms with Gasteiger partial charge in [0.1, 0.15) is 18.1 Å². The Morgan fingerprint density at radius 2 is 2.08 bits per heavy atom. The number of carbonyl (C=O) groups is 2. The Balaban J connectivity index is 1.29. The van der Waals surface area contributed by atoms with Gasteiger partial charge < -0.3 is 15.0 Å². The number of nitrogens with one attached hydrogen (secondary N) is 1. The van der Waals surface area contributed by atoms with Gasteiger partial charge in [-0.15, -0.1) is 5.10 Å². The maximum absolute atomic E-state index is 12.2. The molecule has 2 aliphatic heterocycles. The fourth-order valence-corrected chi connectivity index (χ4v) is 2.84. The number of imide groups is 1. The molecule has 4 rings (SSSR count). The van der Waals surface area contributed by atoms with Crippen molar-refractivity contribution in [2.45, 2.75) is 12.6 Å². The lowest BCUT2D eigenvalue weighted by Crippen LogP contribution is -2.56. The van der Waals surface area contributed by atoms with Crippen molar-refractivity contribution in [1.82, 2.24) is 30.1 Å². The van der Waals surface area contributed by atoms with Crippen molar-refractivity contribution in [1.29, 1.82) is 0 Å². The maximum Gasteiger partial charge on any atom is 0.328 e. The minimum absolute atomic E-state index is 0.0765. The first-order valence-corrected chi connectivity index (χ1v) is 8.13. The highest BCUT2D eigenvalue weighted by atomic mass is 16.5. The van der Waals surface area contributed by atoms with Crippen LogP contribution in [0.25, 0.3) is 0 Å². The van der Waals surface area contributed by atoms with E-state index in [0.717, 1.165) is 11.4 Å². The van der Waals surface area contributed by atoms with Gasteiger partial charge in [0.2, 0.25) is 0 Å². The average Bonchev–Trinajstić information content (AvgIpc) is 3.21. The molecule has 2 aromatic rings. The molecule has 2 aliphatic rings. The first-order chi connectivity index (χ1) is 12.2. The molecule has 4 amide bonds. The standard InChI is InChI=1S/C16H18N6O3/c23-15-17-6-7-21(15)16(24)20-9-13(10-20)22-8-12(18-19-22)11-25-14-4-2-1-3-5-14/h1-5,8,13H,6-7,9-11H2,(H,17,23). The number of hydrogen-bond donors (Lipinski definition) is 1. The predicted molar refractivity (Wildman–Crippen MR) is 86.9 cm³/mol. The molecule has 0 radical (unpaired) electrons. The molecular formula is C16H18N6O3. The SMILES string of the molecule is O=C1NCCN1C(=O)N1CC(n2cc(COc3ccccc3)nn2)C1. The van der Waals surface area contributed by atoms with Crippen molar-refractivity contribution < 1.29 is 14.3 Å². The Kier molecular flexibility index (Phi) is 3.96. The molecular weight excluding hydrogens is 324 g/mol. The molecule has 1 N–H and O–H groups in total. The number of para-hydroxylation sites is 1. The van der Waals surface area contributed by atoms with E-state index >= 15 is 0 Å². The molecule has 0 aliphatic carbocycles. The Bertz CT molecular complexity index is 771. The third kappa shape index (κ3) is 3.12. The summed E-state index contributed by atoms with van der Waals surface area (Å²) < 4.78 is 7.39. The van der Waals surface area contributed by atoms with Gasteiger partial charge in [-0.3, -0.25) is 0 Å². The van der Waals surface area contributed by atoms with Crippen LogP contribution >= 0.6 is 0 Å². The summed E-state index contributed by atoms with van der Waals surface area (Å²) in [5, 5.41) is 10.8. The molecule has 3 heterocycles. The lowest BCUT2D eigenvalue weighted by molar-refractivity contribution is 0.0987. The van der Waals surface area contributed by atoms with E-state index in [4.69, 9.17) is 4.74 Å². The molecule has 2 saturated heterocycles. The molecule has 0 atom stereocenters. The number of urea groups is 2. The zero-order valence-electron chi connectivity index (χ0n) is 13.5. The smallest absolute Gasteiger partial charge is 0.328 e. The Hall–Kier alpha value is -3.10. The summed E-state index contributed by atoms with van der Waals surface area (Å²) >= 11 is 0. The van der Waals surface area contributed by atoms with Gasteiger partial charge in [0.25, 0.3) is 0 Å². The van der Waals surface area contributed by atoms with Crippen LogP contribution in [-0.2, 0) is 6.61 Å². The van der Waals surface area contributed by atoms with E-state index in [1.165, 1.54) is 4.90 Å². The van der Waals surface area contributed by atoms with Crippen LogP contribution in [0.5, 0.6) is 5.75 Å². The van der Waals surface area contributed by atoms with Crippen LogP contribution in [0.1, 0.15) is 11.7 Å². The lowest BCUT2D eigenvalue weighted by Gasteiger charge is -2.39. The van der Waals surface area contributed by atoms with E-state index in [1.807, 2.05) is 36.5 Å². The van der Waals surface area contributed by atoms with Crippen LogP contribution in [0.4, 0.5) is 9.59 Å². The summed E-state index contributed by atoms with van der Waals surface area (Å²) in [4.78, 5) is 26.6. The molecule has 25 heavy (non-hydrogen) atoms. The first-order valence-electron chi connectivity index (χ1n) is 8.13. The summed E-state index contributed by atoms with van der Waals surface area (Å²) in [7, 11) is 0. The van der Waals surface area contributed by atoms with E-state index in [1.54, 1.807) is 9.58 Å². The van der Waals surface area contributed by atoms with Crippen LogP contribution in [0.3, 0.4) is 0 Å². The van der Waals surface area contributed by atoms with Crippen LogP contribution in [0, 0.1) is 0 Å². The summed E-state index contributed by atoms with van der Waals surface area (Å²) in [5.74, 6) is 0.779. The van der Waals surface area contributed by atoms with E-state index < -0.39 is 0 Å². The van der Waals surface area contributed by atoms with E-state index in [2.05, 4.69) is 15.6 Å². The molecule has 130 valence electrons.